The molecule has 0 saturated heterocycles. The van der Waals surface area contributed by atoms with Gasteiger partial charge in [0, 0.05) is 18.7 Å². The van der Waals surface area contributed by atoms with Gasteiger partial charge in [0.1, 0.15) is 5.75 Å². The number of nitrogens with zero attached hydrogens (tertiary/aromatic N) is 3. The first kappa shape index (κ1) is 24.1. The van der Waals surface area contributed by atoms with E-state index in [4.69, 9.17) is 9.72 Å². The zero-order valence-corrected chi connectivity index (χ0v) is 19.7. The van der Waals surface area contributed by atoms with Crippen LogP contribution < -0.4 is 9.64 Å². The van der Waals surface area contributed by atoms with Crippen LogP contribution in [-0.4, -0.2) is 48.6 Å². The molecule has 162 valence electrons. The van der Waals surface area contributed by atoms with Crippen molar-refractivity contribution in [3.05, 3.63) is 53.6 Å². The molecule has 1 aromatic heterocycles. The SMILES string of the molecule is CCOc1ccc(C(=O)N(CCN(CC)CC)c2nc3c(C)cccc3s2)cc1.Cl. The Morgan fingerprint density at radius 2 is 1.73 bits per heavy atom. The molecule has 7 heteroatoms. The molecule has 0 spiro atoms. The quantitative estimate of drug-likeness (QED) is 0.439. The van der Waals surface area contributed by atoms with Crippen molar-refractivity contribution >= 4 is 45.0 Å². The van der Waals surface area contributed by atoms with E-state index in [0.29, 0.717) is 18.7 Å². The third-order valence-corrected chi connectivity index (χ3v) is 6.08. The molecular formula is C23H30ClN3O2S. The van der Waals surface area contributed by atoms with Crippen molar-refractivity contribution in [2.75, 3.05) is 37.7 Å². The summed E-state index contributed by atoms with van der Waals surface area (Å²) in [7, 11) is 0. The number of halogens is 1. The number of carbonyl (C=O) groups excluding carboxylic acids is 1. The van der Waals surface area contributed by atoms with E-state index >= 15 is 0 Å². The maximum atomic E-state index is 13.4. The minimum atomic E-state index is -0.0306. The number of para-hydroxylation sites is 1. The monoisotopic (exact) mass is 447 g/mol. The highest BCUT2D eigenvalue weighted by atomic mass is 35.5. The van der Waals surface area contributed by atoms with Gasteiger partial charge in [-0.05, 0) is 62.8 Å². The third-order valence-electron chi connectivity index (χ3n) is 5.03. The summed E-state index contributed by atoms with van der Waals surface area (Å²) in [6.07, 6.45) is 0. The average molecular weight is 448 g/mol. The van der Waals surface area contributed by atoms with Crippen LogP contribution in [0.25, 0.3) is 10.2 Å². The number of ether oxygens (including phenoxy) is 1. The fourth-order valence-corrected chi connectivity index (χ4v) is 4.34. The predicted molar refractivity (Wildman–Crippen MR) is 129 cm³/mol. The van der Waals surface area contributed by atoms with Crippen LogP contribution in [0.4, 0.5) is 5.13 Å². The lowest BCUT2D eigenvalue weighted by Gasteiger charge is -2.24. The molecule has 0 fully saturated rings. The number of carbonyl (C=O) groups is 1. The summed E-state index contributed by atoms with van der Waals surface area (Å²) in [5.74, 6) is 0.742. The van der Waals surface area contributed by atoms with Crippen molar-refractivity contribution in [2.24, 2.45) is 0 Å². The minimum Gasteiger partial charge on any atom is -0.494 e. The number of anilines is 1. The number of hydrogen-bond donors (Lipinski definition) is 0. The molecule has 2 aromatic carbocycles. The smallest absolute Gasteiger partial charge is 0.260 e. The van der Waals surface area contributed by atoms with Gasteiger partial charge < -0.3 is 9.64 Å². The number of aryl methyl sites for hydroxylation is 1. The number of likely N-dealkylation sites (N-methyl/N-ethyl adjacent to an activating group) is 1. The Labute approximate surface area is 189 Å². The van der Waals surface area contributed by atoms with Crippen molar-refractivity contribution in [3.8, 4) is 5.75 Å². The van der Waals surface area contributed by atoms with Gasteiger partial charge in [0.15, 0.2) is 5.13 Å². The molecule has 1 heterocycles. The van der Waals surface area contributed by atoms with E-state index in [2.05, 4.69) is 37.8 Å². The van der Waals surface area contributed by atoms with Crippen LogP contribution in [0.3, 0.4) is 0 Å². The van der Waals surface area contributed by atoms with E-state index in [1.165, 1.54) is 0 Å². The normalized spacial score (nSPS) is 10.8. The van der Waals surface area contributed by atoms with E-state index < -0.39 is 0 Å². The maximum absolute atomic E-state index is 13.4. The molecule has 0 saturated carbocycles. The minimum absolute atomic E-state index is 0. The Kier molecular flexibility index (Phi) is 9.08. The molecule has 0 atom stereocenters. The largest absolute Gasteiger partial charge is 0.494 e. The highest BCUT2D eigenvalue weighted by Crippen LogP contribution is 2.31. The number of aromatic nitrogens is 1. The van der Waals surface area contributed by atoms with Crippen LogP contribution in [0.15, 0.2) is 42.5 Å². The fraction of sp³-hybridized carbons (Fsp3) is 0.391. The summed E-state index contributed by atoms with van der Waals surface area (Å²) < 4.78 is 6.61. The molecule has 5 nitrogen and oxygen atoms in total. The first-order chi connectivity index (χ1) is 14.1. The first-order valence-corrected chi connectivity index (χ1v) is 11.0. The number of amides is 1. The van der Waals surface area contributed by atoms with Crippen LogP contribution in [-0.2, 0) is 0 Å². The summed E-state index contributed by atoms with van der Waals surface area (Å²) in [5.41, 5.74) is 2.74. The lowest BCUT2D eigenvalue weighted by atomic mass is 10.2. The van der Waals surface area contributed by atoms with Crippen LogP contribution >= 0.6 is 23.7 Å². The molecule has 0 aliphatic heterocycles. The second-order valence-corrected chi connectivity index (χ2v) is 7.87. The fourth-order valence-electron chi connectivity index (χ4n) is 3.27. The average Bonchev–Trinajstić information content (AvgIpc) is 3.17. The van der Waals surface area contributed by atoms with Gasteiger partial charge in [-0.1, -0.05) is 37.3 Å². The van der Waals surface area contributed by atoms with E-state index in [9.17, 15) is 4.79 Å². The van der Waals surface area contributed by atoms with E-state index in [-0.39, 0.29) is 18.3 Å². The van der Waals surface area contributed by atoms with Crippen LogP contribution in [0.1, 0.15) is 36.7 Å². The Bertz CT molecular complexity index is 955. The van der Waals surface area contributed by atoms with Gasteiger partial charge in [0.05, 0.1) is 16.8 Å². The lowest BCUT2D eigenvalue weighted by Crippen LogP contribution is -2.38. The van der Waals surface area contributed by atoms with Crippen molar-refractivity contribution in [3.63, 3.8) is 0 Å². The summed E-state index contributed by atoms with van der Waals surface area (Å²) in [6, 6.07) is 13.5. The van der Waals surface area contributed by atoms with Gasteiger partial charge >= 0.3 is 0 Å². The Morgan fingerprint density at radius 3 is 2.33 bits per heavy atom. The van der Waals surface area contributed by atoms with Crippen molar-refractivity contribution in [1.82, 2.24) is 9.88 Å². The molecule has 0 radical (unpaired) electrons. The molecule has 0 aliphatic carbocycles. The van der Waals surface area contributed by atoms with Gasteiger partial charge in [-0.3, -0.25) is 9.69 Å². The van der Waals surface area contributed by atoms with Crippen molar-refractivity contribution in [2.45, 2.75) is 27.7 Å². The van der Waals surface area contributed by atoms with Gasteiger partial charge in [0.25, 0.3) is 5.91 Å². The van der Waals surface area contributed by atoms with Gasteiger partial charge in [-0.15, -0.1) is 12.4 Å². The summed E-state index contributed by atoms with van der Waals surface area (Å²) in [4.78, 5) is 22.3. The van der Waals surface area contributed by atoms with Crippen molar-refractivity contribution < 1.29 is 9.53 Å². The number of fused-ring (bicyclic) bond motifs is 1. The van der Waals surface area contributed by atoms with Gasteiger partial charge in [0.2, 0.25) is 0 Å². The van der Waals surface area contributed by atoms with Gasteiger partial charge in [-0.25, -0.2) is 4.98 Å². The van der Waals surface area contributed by atoms with Crippen LogP contribution in [0.5, 0.6) is 5.75 Å². The summed E-state index contributed by atoms with van der Waals surface area (Å²) in [6.45, 7) is 12.2. The van der Waals surface area contributed by atoms with Crippen LogP contribution in [0, 0.1) is 6.92 Å². The number of thiazole rings is 1. The molecule has 0 bridgehead atoms. The molecule has 30 heavy (non-hydrogen) atoms. The number of benzene rings is 2. The van der Waals surface area contributed by atoms with Crippen molar-refractivity contribution in [1.29, 1.82) is 0 Å². The predicted octanol–water partition coefficient (Wildman–Crippen LogP) is 5.41. The zero-order chi connectivity index (χ0) is 20.8. The molecule has 0 N–H and O–H groups in total. The summed E-state index contributed by atoms with van der Waals surface area (Å²) in [5, 5.41) is 0.750. The molecule has 0 aliphatic rings. The summed E-state index contributed by atoms with van der Waals surface area (Å²) >= 11 is 1.57. The molecule has 1 amide bonds. The Balaban J connectivity index is 0.00000320. The number of rotatable bonds is 9. The number of hydrogen-bond acceptors (Lipinski definition) is 5. The standard InChI is InChI=1S/C23H29N3O2S.ClH/c1-5-25(6-2)15-16-26(22(27)18-11-13-19(14-12-18)28-7-3)23-24-21-17(4)9-8-10-20(21)29-23;/h8-14H,5-7,15-16H2,1-4H3;1H. The Morgan fingerprint density at radius 1 is 1.03 bits per heavy atom. The second kappa shape index (κ2) is 11.3. The lowest BCUT2D eigenvalue weighted by molar-refractivity contribution is 0.0983. The third kappa shape index (κ3) is 5.50. The van der Waals surface area contributed by atoms with Gasteiger partial charge in [-0.2, -0.15) is 0 Å². The van der Waals surface area contributed by atoms with Crippen LogP contribution in [0.2, 0.25) is 0 Å². The van der Waals surface area contributed by atoms with E-state index in [0.717, 1.165) is 46.3 Å². The second-order valence-electron chi connectivity index (χ2n) is 6.86. The highest BCUT2D eigenvalue weighted by Gasteiger charge is 2.22. The van der Waals surface area contributed by atoms with E-state index in [1.807, 2.05) is 42.2 Å². The Hall–Kier alpha value is -2.15. The maximum Gasteiger partial charge on any atom is 0.260 e. The molecule has 3 rings (SSSR count). The van der Waals surface area contributed by atoms with E-state index in [1.54, 1.807) is 11.3 Å². The molecule has 3 aromatic rings. The highest BCUT2D eigenvalue weighted by molar-refractivity contribution is 7.22. The molecule has 0 unspecified atom stereocenters. The first-order valence-electron chi connectivity index (χ1n) is 10.2. The zero-order valence-electron chi connectivity index (χ0n) is 18.1. The topological polar surface area (TPSA) is 45.7 Å². The molecular weight excluding hydrogens is 418 g/mol.